The van der Waals surface area contributed by atoms with Crippen LogP contribution in [0.25, 0.3) is 0 Å². The van der Waals surface area contributed by atoms with E-state index < -0.39 is 0 Å². The maximum Gasteiger partial charge on any atom is 0.141 e. The molecule has 0 aromatic heterocycles. The molecular formula is C12H15Cl3O. The zero-order valence-corrected chi connectivity index (χ0v) is 11.7. The summed E-state index contributed by atoms with van der Waals surface area (Å²) in [4.78, 5) is 0. The summed E-state index contributed by atoms with van der Waals surface area (Å²) < 4.78 is 5.56. The lowest BCUT2D eigenvalue weighted by atomic mass is 9.97. The molecule has 90 valence electrons. The summed E-state index contributed by atoms with van der Waals surface area (Å²) >= 11 is 17.9. The molecule has 16 heavy (non-hydrogen) atoms. The van der Waals surface area contributed by atoms with Gasteiger partial charge >= 0.3 is 0 Å². The smallest absolute Gasteiger partial charge is 0.141 e. The Kier molecular flexibility index (Phi) is 5.74. The van der Waals surface area contributed by atoms with Gasteiger partial charge in [-0.2, -0.15) is 0 Å². The normalized spacial score (nSPS) is 12.6. The van der Waals surface area contributed by atoms with Gasteiger partial charge in [-0.05, 0) is 31.4 Å². The first-order valence-corrected chi connectivity index (χ1v) is 6.56. The van der Waals surface area contributed by atoms with Crippen LogP contribution in [-0.2, 0) is 0 Å². The van der Waals surface area contributed by atoms with Gasteiger partial charge in [0.15, 0.2) is 0 Å². The molecule has 0 amide bonds. The van der Waals surface area contributed by atoms with Crippen molar-refractivity contribution in [1.29, 1.82) is 0 Å². The minimum atomic E-state index is 0.287. The molecular weight excluding hydrogens is 266 g/mol. The molecule has 0 bridgehead atoms. The van der Waals surface area contributed by atoms with Crippen LogP contribution >= 0.6 is 34.8 Å². The Bertz CT molecular complexity index is 352. The van der Waals surface area contributed by atoms with Crippen LogP contribution in [0.4, 0.5) is 0 Å². The van der Waals surface area contributed by atoms with E-state index in [1.165, 1.54) is 0 Å². The SMILES string of the molecule is CCOc1c(Cl)cc(Cl)cc1C(C)CCCl. The summed E-state index contributed by atoms with van der Waals surface area (Å²) in [6.45, 7) is 4.61. The van der Waals surface area contributed by atoms with E-state index in [1.54, 1.807) is 6.07 Å². The summed E-state index contributed by atoms with van der Waals surface area (Å²) in [7, 11) is 0. The predicted molar refractivity (Wildman–Crippen MR) is 71.4 cm³/mol. The van der Waals surface area contributed by atoms with Gasteiger partial charge in [0.05, 0.1) is 11.6 Å². The summed E-state index contributed by atoms with van der Waals surface area (Å²) in [6, 6.07) is 3.60. The molecule has 0 heterocycles. The third kappa shape index (κ3) is 3.44. The van der Waals surface area contributed by atoms with Crippen molar-refractivity contribution in [3.8, 4) is 5.75 Å². The maximum absolute atomic E-state index is 6.12. The van der Waals surface area contributed by atoms with Crippen molar-refractivity contribution in [2.75, 3.05) is 12.5 Å². The molecule has 0 saturated carbocycles. The molecule has 0 aliphatic rings. The highest BCUT2D eigenvalue weighted by atomic mass is 35.5. The van der Waals surface area contributed by atoms with Crippen molar-refractivity contribution >= 4 is 34.8 Å². The fourth-order valence-corrected chi connectivity index (χ4v) is 2.45. The highest BCUT2D eigenvalue weighted by molar-refractivity contribution is 6.35. The zero-order chi connectivity index (χ0) is 12.1. The van der Waals surface area contributed by atoms with Gasteiger partial charge < -0.3 is 4.74 Å². The lowest BCUT2D eigenvalue weighted by Crippen LogP contribution is -2.02. The molecule has 0 fully saturated rings. The molecule has 1 nitrogen and oxygen atoms in total. The van der Waals surface area contributed by atoms with Gasteiger partial charge in [-0.3, -0.25) is 0 Å². The average molecular weight is 282 g/mol. The van der Waals surface area contributed by atoms with E-state index in [2.05, 4.69) is 6.92 Å². The van der Waals surface area contributed by atoms with Crippen LogP contribution in [-0.4, -0.2) is 12.5 Å². The van der Waals surface area contributed by atoms with Crippen LogP contribution in [0.3, 0.4) is 0 Å². The van der Waals surface area contributed by atoms with E-state index in [4.69, 9.17) is 39.5 Å². The molecule has 1 aromatic rings. The molecule has 0 radical (unpaired) electrons. The van der Waals surface area contributed by atoms with E-state index in [-0.39, 0.29) is 5.92 Å². The number of ether oxygens (including phenoxy) is 1. The molecule has 1 rings (SSSR count). The number of benzene rings is 1. The second-order valence-corrected chi connectivity index (χ2v) is 4.84. The van der Waals surface area contributed by atoms with Crippen LogP contribution in [0.15, 0.2) is 12.1 Å². The standard InChI is InChI=1S/C12H15Cl3O/c1-3-16-12-10(8(2)4-5-13)6-9(14)7-11(12)15/h6-8H,3-5H2,1-2H3. The van der Waals surface area contributed by atoms with Crippen molar-refractivity contribution < 1.29 is 4.74 Å². The van der Waals surface area contributed by atoms with Gasteiger partial charge in [0.25, 0.3) is 0 Å². The van der Waals surface area contributed by atoms with Gasteiger partial charge in [0.1, 0.15) is 5.75 Å². The van der Waals surface area contributed by atoms with Crippen LogP contribution in [0.2, 0.25) is 10.0 Å². The molecule has 0 aliphatic heterocycles. The summed E-state index contributed by atoms with van der Waals surface area (Å²) in [5, 5.41) is 1.19. The molecule has 0 N–H and O–H groups in total. The van der Waals surface area contributed by atoms with Crippen LogP contribution in [0.1, 0.15) is 31.7 Å². The second-order valence-electron chi connectivity index (χ2n) is 3.62. The quantitative estimate of drug-likeness (QED) is 0.680. The highest BCUT2D eigenvalue weighted by Gasteiger charge is 2.15. The summed E-state index contributed by atoms with van der Waals surface area (Å²) in [6.07, 6.45) is 0.873. The van der Waals surface area contributed by atoms with Crippen molar-refractivity contribution in [1.82, 2.24) is 0 Å². The lowest BCUT2D eigenvalue weighted by Gasteiger charge is -2.17. The summed E-state index contributed by atoms with van der Waals surface area (Å²) in [5.74, 6) is 1.62. The first kappa shape index (κ1) is 14.0. The number of halogens is 3. The number of rotatable bonds is 5. The number of alkyl halides is 1. The minimum absolute atomic E-state index is 0.287. The van der Waals surface area contributed by atoms with E-state index in [0.717, 1.165) is 17.7 Å². The van der Waals surface area contributed by atoms with Gasteiger partial charge in [-0.25, -0.2) is 0 Å². The maximum atomic E-state index is 6.12. The zero-order valence-electron chi connectivity index (χ0n) is 9.40. The minimum Gasteiger partial charge on any atom is -0.492 e. The van der Waals surface area contributed by atoms with E-state index in [9.17, 15) is 0 Å². The molecule has 0 aliphatic carbocycles. The highest BCUT2D eigenvalue weighted by Crippen LogP contribution is 2.37. The van der Waals surface area contributed by atoms with Crippen molar-refractivity contribution in [3.63, 3.8) is 0 Å². The number of hydrogen-bond acceptors (Lipinski definition) is 1. The Morgan fingerprint density at radius 2 is 2.00 bits per heavy atom. The fourth-order valence-electron chi connectivity index (χ4n) is 1.56. The Labute approximate surface area is 112 Å². The van der Waals surface area contributed by atoms with Crippen LogP contribution < -0.4 is 4.74 Å². The third-order valence-corrected chi connectivity index (χ3v) is 3.12. The van der Waals surface area contributed by atoms with Gasteiger partial charge in [0.2, 0.25) is 0 Å². The first-order valence-electron chi connectivity index (χ1n) is 5.27. The Hall–Kier alpha value is -0.110. The van der Waals surface area contributed by atoms with Crippen molar-refractivity contribution in [3.05, 3.63) is 27.7 Å². The number of hydrogen-bond donors (Lipinski definition) is 0. The van der Waals surface area contributed by atoms with E-state index in [0.29, 0.717) is 22.5 Å². The first-order chi connectivity index (χ1) is 7.60. The average Bonchev–Trinajstić information content (AvgIpc) is 2.22. The third-order valence-electron chi connectivity index (χ3n) is 2.40. The van der Waals surface area contributed by atoms with E-state index in [1.807, 2.05) is 13.0 Å². The van der Waals surface area contributed by atoms with Crippen LogP contribution in [0.5, 0.6) is 5.75 Å². The van der Waals surface area contributed by atoms with Gasteiger partial charge in [-0.15, -0.1) is 11.6 Å². The summed E-state index contributed by atoms with van der Waals surface area (Å²) in [5.41, 5.74) is 1.03. The molecule has 1 aromatic carbocycles. The Morgan fingerprint density at radius 1 is 1.31 bits per heavy atom. The molecule has 1 unspecified atom stereocenters. The Morgan fingerprint density at radius 3 is 2.56 bits per heavy atom. The van der Waals surface area contributed by atoms with Crippen molar-refractivity contribution in [2.45, 2.75) is 26.2 Å². The Balaban J connectivity index is 3.12. The second kappa shape index (κ2) is 6.58. The predicted octanol–water partition coefficient (Wildman–Crippen LogP) is 5.12. The van der Waals surface area contributed by atoms with E-state index >= 15 is 0 Å². The topological polar surface area (TPSA) is 9.23 Å². The largest absolute Gasteiger partial charge is 0.492 e. The van der Waals surface area contributed by atoms with Crippen LogP contribution in [0, 0.1) is 0 Å². The monoisotopic (exact) mass is 280 g/mol. The van der Waals surface area contributed by atoms with Crippen molar-refractivity contribution in [2.24, 2.45) is 0 Å². The fraction of sp³-hybridized carbons (Fsp3) is 0.500. The van der Waals surface area contributed by atoms with Gasteiger partial charge in [-0.1, -0.05) is 30.1 Å². The molecule has 1 atom stereocenters. The van der Waals surface area contributed by atoms with Gasteiger partial charge in [0, 0.05) is 16.5 Å². The molecule has 0 spiro atoms. The lowest BCUT2D eigenvalue weighted by molar-refractivity contribution is 0.334. The molecule has 0 saturated heterocycles. The molecule has 4 heteroatoms.